The molecule has 0 spiro atoms. The van der Waals surface area contributed by atoms with Gasteiger partial charge in [0.25, 0.3) is 10.0 Å². The van der Waals surface area contributed by atoms with E-state index < -0.39 is 27.6 Å². The Kier molecular flexibility index (Phi) is 6.42. The van der Waals surface area contributed by atoms with Crippen LogP contribution in [0.15, 0.2) is 15.1 Å². The van der Waals surface area contributed by atoms with E-state index in [1.54, 1.807) is 4.72 Å². The van der Waals surface area contributed by atoms with Gasteiger partial charge in [-0.15, -0.1) is 21.1 Å². The lowest BCUT2D eigenvalue weighted by Gasteiger charge is -2.10. The van der Waals surface area contributed by atoms with Gasteiger partial charge < -0.3 is 19.4 Å². The number of hydrogen-bond acceptors (Lipinski definition) is 11. The molecule has 154 valence electrons. The zero-order chi connectivity index (χ0) is 21.1. The normalized spacial score (nSPS) is 11.1. The molecule has 0 radical (unpaired) electrons. The van der Waals surface area contributed by atoms with Gasteiger partial charge in [0.05, 0.1) is 19.3 Å². The Morgan fingerprint density at radius 3 is 2.64 bits per heavy atom. The van der Waals surface area contributed by atoms with Crippen molar-refractivity contribution in [3.05, 3.63) is 26.3 Å². The number of carbonyl (C=O) groups is 1. The molecule has 0 fully saturated rings. The number of rotatable bonds is 7. The van der Waals surface area contributed by atoms with Crippen molar-refractivity contribution in [2.75, 3.05) is 27.4 Å². The molecule has 0 saturated heterocycles. The minimum atomic E-state index is -4.49. The van der Waals surface area contributed by atoms with Crippen molar-refractivity contribution >= 4 is 33.3 Å². The van der Waals surface area contributed by atoms with E-state index in [-0.39, 0.29) is 39.2 Å². The summed E-state index contributed by atoms with van der Waals surface area (Å²) in [5.74, 6) is -0.492. The van der Waals surface area contributed by atoms with Crippen molar-refractivity contribution in [2.24, 2.45) is 0 Å². The molecule has 13 nitrogen and oxygen atoms in total. The lowest BCUT2D eigenvalue weighted by molar-refractivity contribution is 0.128. The monoisotopic (exact) mass is 435 g/mol. The second kappa shape index (κ2) is 8.41. The molecule has 0 atom stereocenters. The van der Waals surface area contributed by atoms with Gasteiger partial charge in [-0.1, -0.05) is 4.73 Å². The van der Waals surface area contributed by atoms with Crippen molar-refractivity contribution in [1.29, 1.82) is 5.41 Å². The average Bonchev–Trinajstić information content (AvgIpc) is 3.19. The SMILES string of the molecule is COc1nn(C(=O)NS(=O)(=O)c2c(C(=N)OCCO)csc2C)c(=O)n1OC. The van der Waals surface area contributed by atoms with Crippen molar-refractivity contribution in [3.8, 4) is 6.01 Å². The topological polar surface area (TPSA) is 175 Å². The fraction of sp³-hybridized carbons (Fsp3) is 0.385. The Balaban J connectivity index is 2.39. The maximum atomic E-state index is 12.7. The highest BCUT2D eigenvalue weighted by atomic mass is 32.2. The Morgan fingerprint density at radius 2 is 2.11 bits per heavy atom. The molecule has 1 amide bonds. The number of carbonyl (C=O) groups excluding carboxylic acids is 1. The number of hydrogen-bond donors (Lipinski definition) is 3. The van der Waals surface area contributed by atoms with E-state index in [9.17, 15) is 18.0 Å². The number of sulfonamides is 1. The lowest BCUT2D eigenvalue weighted by Crippen LogP contribution is -2.41. The van der Waals surface area contributed by atoms with Gasteiger partial charge in [-0.2, -0.15) is 0 Å². The molecule has 3 N–H and O–H groups in total. The second-order valence-electron chi connectivity index (χ2n) is 5.00. The van der Waals surface area contributed by atoms with Crippen LogP contribution in [0, 0.1) is 12.3 Å². The van der Waals surface area contributed by atoms with Crippen molar-refractivity contribution in [2.45, 2.75) is 11.8 Å². The number of methoxy groups -OCH3 is 1. The van der Waals surface area contributed by atoms with Crippen molar-refractivity contribution < 1.29 is 32.6 Å². The standard InChI is InChI=1S/C13H17N5O8S2/c1-7-9(8(6-27-7)10(14)26-5-4-19)28(22,23)16-11(20)17-13(21)18(25-3)12(15-17)24-2/h6,14,19H,4-5H2,1-3H3,(H,16,20). The molecule has 0 aliphatic rings. The maximum absolute atomic E-state index is 12.7. The Hall–Kier alpha value is -2.91. The largest absolute Gasteiger partial charge is 0.475 e. The third-order valence-corrected chi connectivity index (χ3v) is 5.81. The summed E-state index contributed by atoms with van der Waals surface area (Å²) in [5, 5.41) is 21.5. The summed E-state index contributed by atoms with van der Waals surface area (Å²) < 4.78 is 37.6. The van der Waals surface area contributed by atoms with Gasteiger partial charge in [0.15, 0.2) is 0 Å². The Morgan fingerprint density at radius 1 is 1.43 bits per heavy atom. The van der Waals surface area contributed by atoms with E-state index >= 15 is 0 Å². The highest BCUT2D eigenvalue weighted by Crippen LogP contribution is 2.27. The molecule has 0 bridgehead atoms. The van der Waals surface area contributed by atoms with E-state index in [4.69, 9.17) is 24.8 Å². The van der Waals surface area contributed by atoms with Crippen molar-refractivity contribution in [1.82, 2.24) is 19.2 Å². The predicted octanol–water partition coefficient (Wildman–Crippen LogP) is -1.24. The van der Waals surface area contributed by atoms with Crippen LogP contribution in [0.3, 0.4) is 0 Å². The van der Waals surface area contributed by atoms with Gasteiger partial charge in [0, 0.05) is 10.3 Å². The highest BCUT2D eigenvalue weighted by Gasteiger charge is 2.30. The third-order valence-electron chi connectivity index (χ3n) is 3.26. The molecule has 2 heterocycles. The van der Waals surface area contributed by atoms with E-state index in [1.165, 1.54) is 19.4 Å². The van der Waals surface area contributed by atoms with Crippen LogP contribution in [0.5, 0.6) is 6.01 Å². The van der Waals surface area contributed by atoms with Crippen molar-refractivity contribution in [3.63, 3.8) is 0 Å². The first-order valence-electron chi connectivity index (χ1n) is 7.46. The first kappa shape index (κ1) is 21.4. The molecule has 0 unspecified atom stereocenters. The van der Waals surface area contributed by atoms with Gasteiger partial charge >= 0.3 is 17.7 Å². The number of nitrogens with one attached hydrogen (secondary N) is 2. The molecule has 28 heavy (non-hydrogen) atoms. The number of amides is 1. The van der Waals surface area contributed by atoms with Crippen LogP contribution in [-0.4, -0.2) is 67.4 Å². The zero-order valence-electron chi connectivity index (χ0n) is 15.0. The van der Waals surface area contributed by atoms with E-state index in [0.29, 0.717) is 4.73 Å². The first-order chi connectivity index (χ1) is 13.2. The van der Waals surface area contributed by atoms with Gasteiger partial charge in [0.2, 0.25) is 5.90 Å². The number of thiophene rings is 1. The van der Waals surface area contributed by atoms with Crippen LogP contribution in [0.2, 0.25) is 0 Å². The summed E-state index contributed by atoms with van der Waals surface area (Å²) >= 11 is 1.02. The summed E-state index contributed by atoms with van der Waals surface area (Å²) in [7, 11) is -2.19. The van der Waals surface area contributed by atoms with Gasteiger partial charge in [0.1, 0.15) is 18.6 Å². The molecule has 2 aromatic rings. The number of aryl methyl sites for hydroxylation is 1. The summed E-state index contributed by atoms with van der Waals surface area (Å²) in [4.78, 5) is 29.0. The van der Waals surface area contributed by atoms with E-state index in [0.717, 1.165) is 18.4 Å². The number of aromatic nitrogens is 3. The molecule has 2 aromatic heterocycles. The summed E-state index contributed by atoms with van der Waals surface area (Å²) in [6, 6.07) is -1.75. The maximum Gasteiger partial charge on any atom is 0.391 e. The van der Waals surface area contributed by atoms with Gasteiger partial charge in [-0.25, -0.2) is 22.7 Å². The predicted molar refractivity (Wildman–Crippen MR) is 95.6 cm³/mol. The van der Waals surface area contributed by atoms with E-state index in [2.05, 4.69) is 5.10 Å². The zero-order valence-corrected chi connectivity index (χ0v) is 16.6. The van der Waals surface area contributed by atoms with Gasteiger partial charge in [-0.05, 0) is 6.92 Å². The Bertz CT molecular complexity index is 1050. The first-order valence-corrected chi connectivity index (χ1v) is 9.82. The van der Waals surface area contributed by atoms with Gasteiger partial charge in [-0.3, -0.25) is 5.41 Å². The lowest BCUT2D eigenvalue weighted by atomic mass is 10.3. The van der Waals surface area contributed by atoms with Crippen LogP contribution in [0.4, 0.5) is 4.79 Å². The minimum absolute atomic E-state index is 0.0939. The molecule has 0 aliphatic carbocycles. The molecular formula is C13H17N5O8S2. The quantitative estimate of drug-likeness (QED) is 0.355. The molecular weight excluding hydrogens is 418 g/mol. The number of ether oxygens (including phenoxy) is 2. The molecule has 0 aliphatic heterocycles. The van der Waals surface area contributed by atoms with Crippen LogP contribution in [-0.2, 0) is 14.8 Å². The minimum Gasteiger partial charge on any atom is -0.475 e. The fourth-order valence-electron chi connectivity index (χ4n) is 2.12. The van der Waals surface area contributed by atoms with Crippen LogP contribution in [0.1, 0.15) is 10.4 Å². The van der Waals surface area contributed by atoms with Crippen LogP contribution >= 0.6 is 11.3 Å². The van der Waals surface area contributed by atoms with E-state index in [1.807, 2.05) is 0 Å². The number of aliphatic hydroxyl groups is 1. The average molecular weight is 435 g/mol. The molecule has 0 saturated carbocycles. The number of aliphatic hydroxyl groups excluding tert-OH is 1. The van der Waals surface area contributed by atoms with Crippen LogP contribution in [0.25, 0.3) is 0 Å². The third kappa shape index (κ3) is 4.00. The summed E-state index contributed by atoms with van der Waals surface area (Å²) in [6.45, 7) is 0.905. The summed E-state index contributed by atoms with van der Waals surface area (Å²) in [6.07, 6.45) is 0. The summed E-state index contributed by atoms with van der Waals surface area (Å²) in [5.41, 5.74) is -1.18. The fourth-order valence-corrected chi connectivity index (χ4v) is 4.64. The molecule has 0 aromatic carbocycles. The smallest absolute Gasteiger partial charge is 0.391 e. The number of nitrogens with zero attached hydrogens (tertiary/aromatic N) is 3. The highest BCUT2D eigenvalue weighted by molar-refractivity contribution is 7.90. The second-order valence-corrected chi connectivity index (χ2v) is 7.71. The molecule has 15 heteroatoms. The van der Waals surface area contributed by atoms with Crippen LogP contribution < -0.4 is 20.0 Å². The molecule has 2 rings (SSSR count). The Labute approximate surface area is 162 Å².